The highest BCUT2D eigenvalue weighted by molar-refractivity contribution is 6.06. The van der Waals surface area contributed by atoms with Crippen LogP contribution in [0.4, 0.5) is 5.82 Å². The molecule has 1 saturated heterocycles. The van der Waals surface area contributed by atoms with Crippen molar-refractivity contribution in [3.05, 3.63) is 60.2 Å². The molecule has 162 valence electrons. The molecule has 3 heterocycles. The SMILES string of the molecule is C=C1[C@H](n2cnc3c(NC(=O)c4ccc(C(C)(C)C)cc4)ncnc32)O[C@H](CO)[C@H]1O. The first kappa shape index (κ1) is 21.1. The molecule has 9 heteroatoms. The van der Waals surface area contributed by atoms with Gasteiger partial charge in [-0.3, -0.25) is 9.36 Å². The Labute approximate surface area is 179 Å². The highest BCUT2D eigenvalue weighted by atomic mass is 16.5. The molecule has 1 aliphatic heterocycles. The molecule has 31 heavy (non-hydrogen) atoms. The molecule has 2 aromatic heterocycles. The van der Waals surface area contributed by atoms with Gasteiger partial charge in [-0.15, -0.1) is 0 Å². The molecule has 3 aromatic rings. The Morgan fingerprint density at radius 1 is 1.23 bits per heavy atom. The molecular formula is C22H25N5O4. The number of hydrogen-bond acceptors (Lipinski definition) is 7. The summed E-state index contributed by atoms with van der Waals surface area (Å²) in [6.45, 7) is 9.86. The van der Waals surface area contributed by atoms with Crippen LogP contribution in [0.25, 0.3) is 11.2 Å². The standard InChI is InChI=1S/C22H25N5O4/c1-12-17(29)15(9-28)31-21(12)27-11-25-16-18(23-10-24-19(16)27)26-20(30)13-5-7-14(8-6-13)22(2,3)4/h5-8,10-11,15,17,21,28-29H,1,9H2,2-4H3,(H,23,24,26,30)/t15-,17+,21-/m1/s1. The molecule has 1 amide bonds. The quantitative estimate of drug-likeness (QED) is 0.550. The summed E-state index contributed by atoms with van der Waals surface area (Å²) in [4.78, 5) is 25.5. The van der Waals surface area contributed by atoms with Gasteiger partial charge in [-0.05, 0) is 23.1 Å². The highest BCUT2D eigenvalue weighted by Gasteiger charge is 2.39. The van der Waals surface area contributed by atoms with Gasteiger partial charge in [-0.1, -0.05) is 39.5 Å². The summed E-state index contributed by atoms with van der Waals surface area (Å²) in [7, 11) is 0. The zero-order valence-corrected chi connectivity index (χ0v) is 17.6. The number of nitrogens with one attached hydrogen (secondary N) is 1. The molecule has 0 unspecified atom stereocenters. The number of rotatable bonds is 4. The third-order valence-electron chi connectivity index (χ3n) is 5.39. The van der Waals surface area contributed by atoms with E-state index in [0.29, 0.717) is 22.3 Å². The largest absolute Gasteiger partial charge is 0.394 e. The molecule has 3 atom stereocenters. The number of fused-ring (bicyclic) bond motifs is 1. The Balaban J connectivity index is 1.60. The lowest BCUT2D eigenvalue weighted by Crippen LogP contribution is -2.25. The Bertz CT molecular complexity index is 1130. The maximum absolute atomic E-state index is 12.8. The van der Waals surface area contributed by atoms with Crippen LogP contribution in [0.5, 0.6) is 0 Å². The molecule has 9 nitrogen and oxygen atoms in total. The Morgan fingerprint density at radius 2 is 1.94 bits per heavy atom. The smallest absolute Gasteiger partial charge is 0.256 e. The van der Waals surface area contributed by atoms with E-state index in [9.17, 15) is 15.0 Å². The summed E-state index contributed by atoms with van der Waals surface area (Å²) < 4.78 is 7.28. The minimum absolute atomic E-state index is 0.00438. The van der Waals surface area contributed by atoms with Gasteiger partial charge >= 0.3 is 0 Å². The number of aliphatic hydroxyl groups excluding tert-OH is 2. The van der Waals surface area contributed by atoms with Crippen LogP contribution in [-0.4, -0.2) is 54.5 Å². The van der Waals surface area contributed by atoms with Gasteiger partial charge in [0.1, 0.15) is 18.5 Å². The number of carbonyl (C=O) groups excluding carboxylic acids is 1. The van der Waals surface area contributed by atoms with E-state index < -0.39 is 18.4 Å². The Morgan fingerprint density at radius 3 is 2.55 bits per heavy atom. The maximum atomic E-state index is 12.8. The van der Waals surface area contributed by atoms with Gasteiger partial charge in [0.15, 0.2) is 23.2 Å². The van der Waals surface area contributed by atoms with Crippen LogP contribution in [0.1, 0.15) is 42.9 Å². The van der Waals surface area contributed by atoms with Gasteiger partial charge < -0.3 is 20.3 Å². The summed E-state index contributed by atoms with van der Waals surface area (Å²) in [6, 6.07) is 7.43. The van der Waals surface area contributed by atoms with Crippen molar-refractivity contribution in [1.82, 2.24) is 19.5 Å². The summed E-state index contributed by atoms with van der Waals surface area (Å²) in [5.74, 6) is -0.0520. The van der Waals surface area contributed by atoms with Gasteiger partial charge in [-0.2, -0.15) is 0 Å². The molecule has 0 aliphatic carbocycles. The molecule has 1 aromatic carbocycles. The van der Waals surface area contributed by atoms with Gasteiger partial charge in [0.25, 0.3) is 5.91 Å². The first-order chi connectivity index (χ1) is 14.7. The van der Waals surface area contributed by atoms with E-state index in [0.717, 1.165) is 5.56 Å². The van der Waals surface area contributed by atoms with Crippen molar-refractivity contribution in [2.45, 2.75) is 44.6 Å². The van der Waals surface area contributed by atoms with Crippen molar-refractivity contribution in [2.24, 2.45) is 0 Å². The summed E-state index contributed by atoms with van der Waals surface area (Å²) in [6.07, 6.45) is 0.295. The third kappa shape index (κ3) is 3.83. The number of ether oxygens (including phenoxy) is 1. The number of benzene rings is 1. The van der Waals surface area contributed by atoms with E-state index in [4.69, 9.17) is 4.74 Å². The average molecular weight is 423 g/mol. The van der Waals surface area contributed by atoms with E-state index in [1.165, 1.54) is 12.7 Å². The number of hydrogen-bond donors (Lipinski definition) is 3. The first-order valence-electron chi connectivity index (χ1n) is 9.93. The zero-order valence-electron chi connectivity index (χ0n) is 17.6. The van der Waals surface area contributed by atoms with E-state index in [-0.39, 0.29) is 23.7 Å². The van der Waals surface area contributed by atoms with Crippen LogP contribution in [-0.2, 0) is 10.2 Å². The fourth-order valence-electron chi connectivity index (χ4n) is 3.52. The van der Waals surface area contributed by atoms with E-state index in [1.807, 2.05) is 12.1 Å². The molecular weight excluding hydrogens is 398 g/mol. The van der Waals surface area contributed by atoms with Crippen LogP contribution in [0.2, 0.25) is 0 Å². The van der Waals surface area contributed by atoms with E-state index in [1.54, 1.807) is 16.7 Å². The van der Waals surface area contributed by atoms with E-state index >= 15 is 0 Å². The molecule has 0 radical (unpaired) electrons. The van der Waals surface area contributed by atoms with Gasteiger partial charge in [0.05, 0.1) is 12.9 Å². The van der Waals surface area contributed by atoms with Crippen molar-refractivity contribution < 1.29 is 19.7 Å². The summed E-state index contributed by atoms with van der Waals surface area (Å²) >= 11 is 0. The second-order valence-electron chi connectivity index (χ2n) is 8.56. The minimum Gasteiger partial charge on any atom is -0.394 e. The van der Waals surface area contributed by atoms with Crippen molar-refractivity contribution in [3.63, 3.8) is 0 Å². The molecule has 0 spiro atoms. The molecule has 0 bridgehead atoms. The number of aliphatic hydroxyl groups is 2. The van der Waals surface area contributed by atoms with Gasteiger partial charge in [0.2, 0.25) is 0 Å². The molecule has 0 saturated carbocycles. The maximum Gasteiger partial charge on any atom is 0.256 e. The number of imidazole rings is 1. The van der Waals surface area contributed by atoms with Gasteiger partial charge in [-0.25, -0.2) is 15.0 Å². The zero-order chi connectivity index (χ0) is 22.3. The lowest BCUT2D eigenvalue weighted by atomic mass is 9.87. The minimum atomic E-state index is -0.996. The molecule has 3 N–H and O–H groups in total. The first-order valence-corrected chi connectivity index (χ1v) is 9.93. The number of aromatic nitrogens is 4. The lowest BCUT2D eigenvalue weighted by Gasteiger charge is -2.19. The summed E-state index contributed by atoms with van der Waals surface area (Å²) in [5, 5.41) is 22.3. The van der Waals surface area contributed by atoms with Gasteiger partial charge in [0, 0.05) is 11.1 Å². The second-order valence-corrected chi connectivity index (χ2v) is 8.56. The molecule has 4 rings (SSSR count). The van der Waals surface area contributed by atoms with E-state index in [2.05, 4.69) is 47.6 Å². The summed E-state index contributed by atoms with van der Waals surface area (Å²) in [5.41, 5.74) is 2.80. The highest BCUT2D eigenvalue weighted by Crippen LogP contribution is 2.35. The number of carbonyl (C=O) groups is 1. The third-order valence-corrected chi connectivity index (χ3v) is 5.39. The normalized spacial score (nSPS) is 21.6. The Kier molecular flexibility index (Phi) is 5.34. The predicted molar refractivity (Wildman–Crippen MR) is 115 cm³/mol. The Hall–Kier alpha value is -3.14. The predicted octanol–water partition coefficient (Wildman–Crippen LogP) is 2.18. The average Bonchev–Trinajstić information content (AvgIpc) is 3.29. The van der Waals surface area contributed by atoms with Crippen LogP contribution < -0.4 is 5.32 Å². The number of amides is 1. The fourth-order valence-corrected chi connectivity index (χ4v) is 3.52. The van der Waals surface area contributed by atoms with Crippen LogP contribution in [0.15, 0.2) is 49.1 Å². The number of nitrogens with zero attached hydrogens (tertiary/aromatic N) is 4. The molecule has 1 fully saturated rings. The van der Waals surface area contributed by atoms with Crippen LogP contribution in [0, 0.1) is 0 Å². The number of anilines is 1. The fraction of sp³-hybridized carbons (Fsp3) is 0.364. The monoisotopic (exact) mass is 423 g/mol. The van der Waals surface area contributed by atoms with Crippen molar-refractivity contribution in [1.29, 1.82) is 0 Å². The lowest BCUT2D eigenvalue weighted by molar-refractivity contribution is -0.0422. The van der Waals surface area contributed by atoms with Crippen LogP contribution >= 0.6 is 0 Å². The topological polar surface area (TPSA) is 122 Å². The second kappa shape index (κ2) is 7.84. The van der Waals surface area contributed by atoms with Crippen molar-refractivity contribution >= 4 is 22.9 Å². The van der Waals surface area contributed by atoms with Crippen molar-refractivity contribution in [3.8, 4) is 0 Å². The van der Waals surface area contributed by atoms with Crippen molar-refractivity contribution in [2.75, 3.05) is 11.9 Å². The van der Waals surface area contributed by atoms with Crippen LogP contribution in [0.3, 0.4) is 0 Å². The molecule has 1 aliphatic rings.